The van der Waals surface area contributed by atoms with E-state index in [-0.39, 0.29) is 0 Å². The first-order chi connectivity index (χ1) is 7.31. The van der Waals surface area contributed by atoms with Gasteiger partial charge in [-0.25, -0.2) is 9.19 Å². The van der Waals surface area contributed by atoms with Gasteiger partial charge in [-0.15, -0.1) is 4.36 Å². The van der Waals surface area contributed by atoms with Crippen molar-refractivity contribution in [1.29, 1.82) is 5.26 Å². The largest absolute Gasteiger partial charge is 0.248 e. The summed E-state index contributed by atoms with van der Waals surface area (Å²) in [5.74, 6) is 0. The molecule has 1 aromatic heterocycles. The molecule has 0 N–H and O–H groups in total. The van der Waals surface area contributed by atoms with Gasteiger partial charge in [-0.05, 0) is 25.5 Å². The standard InChI is InChI=1S/C10H12ClN3OS/c1-10(2,16(3,15)14-7-12)8-4-5-9(11)13-6-8/h4-6H,1-3H3. The number of pyridine rings is 1. The Morgan fingerprint density at radius 3 is 2.62 bits per heavy atom. The van der Waals surface area contributed by atoms with Crippen molar-refractivity contribution in [3.8, 4) is 6.19 Å². The third-order valence-corrected chi connectivity index (χ3v) is 5.37. The minimum absolute atomic E-state index is 0.374. The van der Waals surface area contributed by atoms with Crippen LogP contribution in [-0.2, 0) is 14.5 Å². The third-order valence-electron chi connectivity index (χ3n) is 2.58. The van der Waals surface area contributed by atoms with E-state index in [0.29, 0.717) is 5.15 Å². The van der Waals surface area contributed by atoms with Gasteiger partial charge in [0.1, 0.15) is 5.15 Å². The number of halogens is 1. The van der Waals surface area contributed by atoms with Gasteiger partial charge in [0.25, 0.3) is 0 Å². The molecule has 1 unspecified atom stereocenters. The van der Waals surface area contributed by atoms with Gasteiger partial charge in [-0.2, -0.15) is 5.26 Å². The van der Waals surface area contributed by atoms with Gasteiger partial charge >= 0.3 is 0 Å². The molecule has 1 aromatic rings. The first-order valence-corrected chi connectivity index (χ1v) is 6.83. The maximum absolute atomic E-state index is 12.2. The van der Waals surface area contributed by atoms with E-state index in [1.807, 2.05) is 0 Å². The number of rotatable bonds is 2. The van der Waals surface area contributed by atoms with Crippen LogP contribution in [0.3, 0.4) is 0 Å². The number of aromatic nitrogens is 1. The van der Waals surface area contributed by atoms with Crippen LogP contribution >= 0.6 is 11.6 Å². The molecule has 0 radical (unpaired) electrons. The van der Waals surface area contributed by atoms with Crippen molar-refractivity contribution >= 4 is 21.3 Å². The summed E-state index contributed by atoms with van der Waals surface area (Å²) in [5, 5.41) is 8.90. The Balaban J connectivity index is 3.33. The quantitative estimate of drug-likeness (QED) is 0.604. The van der Waals surface area contributed by atoms with Crippen molar-refractivity contribution in [1.82, 2.24) is 4.98 Å². The second-order valence-corrected chi connectivity index (χ2v) is 7.07. The molecule has 0 aliphatic rings. The van der Waals surface area contributed by atoms with Crippen LogP contribution in [0.25, 0.3) is 0 Å². The molecule has 16 heavy (non-hydrogen) atoms. The summed E-state index contributed by atoms with van der Waals surface area (Å²) in [7, 11) is -2.64. The van der Waals surface area contributed by atoms with E-state index in [9.17, 15) is 4.21 Å². The fourth-order valence-corrected chi connectivity index (χ4v) is 2.20. The zero-order chi connectivity index (χ0) is 12.4. The lowest BCUT2D eigenvalue weighted by Crippen LogP contribution is -2.27. The number of hydrogen-bond acceptors (Lipinski definition) is 4. The molecular weight excluding hydrogens is 246 g/mol. The van der Waals surface area contributed by atoms with E-state index >= 15 is 0 Å². The van der Waals surface area contributed by atoms with Crippen LogP contribution in [0.5, 0.6) is 0 Å². The van der Waals surface area contributed by atoms with Crippen LogP contribution in [0.1, 0.15) is 19.4 Å². The Hall–Kier alpha value is -1.12. The molecule has 0 aliphatic carbocycles. The molecule has 4 nitrogen and oxygen atoms in total. The first kappa shape index (κ1) is 12.9. The van der Waals surface area contributed by atoms with E-state index in [2.05, 4.69) is 9.35 Å². The van der Waals surface area contributed by atoms with Crippen molar-refractivity contribution in [2.24, 2.45) is 4.36 Å². The second kappa shape index (κ2) is 4.40. The molecule has 0 aliphatic heterocycles. The van der Waals surface area contributed by atoms with E-state index in [0.717, 1.165) is 5.56 Å². The summed E-state index contributed by atoms with van der Waals surface area (Å²) in [6, 6.07) is 3.37. The lowest BCUT2D eigenvalue weighted by molar-refractivity contribution is 0.638. The normalized spacial score (nSPS) is 14.9. The zero-order valence-electron chi connectivity index (χ0n) is 9.27. The predicted octanol–water partition coefficient (Wildman–Crippen LogP) is 2.55. The molecule has 0 saturated carbocycles. The Morgan fingerprint density at radius 1 is 1.56 bits per heavy atom. The lowest BCUT2D eigenvalue weighted by Gasteiger charge is -2.25. The van der Waals surface area contributed by atoms with Gasteiger partial charge in [0.15, 0.2) is 0 Å². The predicted molar refractivity (Wildman–Crippen MR) is 64.4 cm³/mol. The summed E-state index contributed by atoms with van der Waals surface area (Å²) >= 11 is 5.68. The summed E-state index contributed by atoms with van der Waals surface area (Å²) in [6.07, 6.45) is 4.62. The van der Waals surface area contributed by atoms with Crippen molar-refractivity contribution in [3.63, 3.8) is 0 Å². The topological polar surface area (TPSA) is 66.1 Å². The zero-order valence-corrected chi connectivity index (χ0v) is 10.8. The summed E-state index contributed by atoms with van der Waals surface area (Å²) in [4.78, 5) is 3.93. The molecule has 0 saturated heterocycles. The number of nitrogens with zero attached hydrogens (tertiary/aromatic N) is 3. The SMILES string of the molecule is CC(C)(c1ccc(Cl)nc1)S(C)(=O)=NC#N. The van der Waals surface area contributed by atoms with Gasteiger partial charge in [0.05, 0.1) is 14.5 Å². The van der Waals surface area contributed by atoms with Crippen LogP contribution in [0, 0.1) is 11.5 Å². The van der Waals surface area contributed by atoms with Crippen LogP contribution < -0.4 is 0 Å². The highest BCUT2D eigenvalue weighted by atomic mass is 35.5. The fraction of sp³-hybridized carbons (Fsp3) is 0.400. The average molecular weight is 258 g/mol. The molecule has 0 fully saturated rings. The highest BCUT2D eigenvalue weighted by Crippen LogP contribution is 2.30. The molecule has 1 rings (SSSR count). The molecule has 1 heterocycles. The minimum Gasteiger partial charge on any atom is -0.248 e. The van der Waals surface area contributed by atoms with Gasteiger partial charge in [-0.3, -0.25) is 0 Å². The van der Waals surface area contributed by atoms with Gasteiger partial charge in [-0.1, -0.05) is 17.7 Å². The molecule has 6 heteroatoms. The highest BCUT2D eigenvalue weighted by Gasteiger charge is 2.31. The van der Waals surface area contributed by atoms with Gasteiger partial charge in [0.2, 0.25) is 6.19 Å². The molecular formula is C10H12ClN3OS. The van der Waals surface area contributed by atoms with Gasteiger partial charge < -0.3 is 0 Å². The van der Waals surface area contributed by atoms with E-state index in [1.165, 1.54) is 6.26 Å². The first-order valence-electron chi connectivity index (χ1n) is 4.53. The number of hydrogen-bond donors (Lipinski definition) is 0. The Bertz CT molecular complexity index is 536. The fourth-order valence-electron chi connectivity index (χ4n) is 1.14. The smallest absolute Gasteiger partial charge is 0.214 e. The molecule has 0 amide bonds. The Labute approximate surface area is 100 Å². The number of nitriles is 1. The molecule has 1 atom stereocenters. The monoisotopic (exact) mass is 257 g/mol. The molecule has 0 spiro atoms. The van der Waals surface area contributed by atoms with Crippen LogP contribution in [0.4, 0.5) is 0 Å². The van der Waals surface area contributed by atoms with Crippen molar-refractivity contribution in [2.75, 3.05) is 6.26 Å². The lowest BCUT2D eigenvalue weighted by atomic mass is 10.1. The Kier molecular flexibility index (Phi) is 3.56. The maximum atomic E-state index is 12.2. The summed E-state index contributed by atoms with van der Waals surface area (Å²) in [5.41, 5.74) is 0.739. The third kappa shape index (κ3) is 2.34. The molecule has 0 aromatic carbocycles. The van der Waals surface area contributed by atoms with Crippen LogP contribution in [0.15, 0.2) is 22.7 Å². The van der Waals surface area contributed by atoms with Crippen LogP contribution in [0.2, 0.25) is 5.15 Å². The van der Waals surface area contributed by atoms with Crippen molar-refractivity contribution in [2.45, 2.75) is 18.6 Å². The summed E-state index contributed by atoms with van der Waals surface area (Å²) < 4.78 is 15.0. The molecule has 0 bridgehead atoms. The van der Waals surface area contributed by atoms with Crippen molar-refractivity contribution in [3.05, 3.63) is 29.0 Å². The Morgan fingerprint density at radius 2 is 2.19 bits per heavy atom. The average Bonchev–Trinajstić information content (AvgIpc) is 2.18. The van der Waals surface area contributed by atoms with E-state index in [4.69, 9.17) is 16.9 Å². The van der Waals surface area contributed by atoms with E-state index in [1.54, 1.807) is 38.4 Å². The maximum Gasteiger partial charge on any atom is 0.214 e. The molecule has 86 valence electrons. The summed E-state index contributed by atoms with van der Waals surface area (Å²) in [6.45, 7) is 3.53. The second-order valence-electron chi connectivity index (χ2n) is 3.87. The minimum atomic E-state index is -2.64. The van der Waals surface area contributed by atoms with Gasteiger partial charge in [0, 0.05) is 12.5 Å². The van der Waals surface area contributed by atoms with Crippen molar-refractivity contribution < 1.29 is 4.21 Å². The van der Waals surface area contributed by atoms with E-state index < -0.39 is 14.5 Å². The highest BCUT2D eigenvalue weighted by molar-refractivity contribution is 7.93. The van der Waals surface area contributed by atoms with Crippen LogP contribution in [-0.4, -0.2) is 15.4 Å².